The van der Waals surface area contributed by atoms with E-state index >= 15 is 0 Å². The lowest BCUT2D eigenvalue weighted by atomic mass is 9.96. The molecule has 0 radical (unpaired) electrons. The summed E-state index contributed by atoms with van der Waals surface area (Å²) in [5.74, 6) is 13.6. The Morgan fingerprint density at radius 3 is 1.71 bits per heavy atom. The minimum Gasteiger partial charge on any atom is -0.0807 e. The molecule has 4 rings (SSSR count). The summed E-state index contributed by atoms with van der Waals surface area (Å²) in [5, 5.41) is 0. The van der Waals surface area contributed by atoms with Gasteiger partial charge in [0.05, 0.1) is 0 Å². The van der Waals surface area contributed by atoms with Gasteiger partial charge >= 0.3 is 0 Å². The fraction of sp³-hybridized carbons (Fsp3) is 0.314. The van der Waals surface area contributed by atoms with Crippen LogP contribution >= 0.6 is 0 Å². The Bertz CT molecular complexity index is 1260. The molecule has 0 heterocycles. The molecule has 0 unspecified atom stereocenters. The van der Waals surface area contributed by atoms with Gasteiger partial charge in [0.15, 0.2) is 0 Å². The topological polar surface area (TPSA) is 0 Å². The molecule has 0 saturated carbocycles. The van der Waals surface area contributed by atoms with Gasteiger partial charge in [0, 0.05) is 22.3 Å². The van der Waals surface area contributed by atoms with Gasteiger partial charge in [0.2, 0.25) is 0 Å². The first-order valence-corrected chi connectivity index (χ1v) is 13.3. The van der Waals surface area contributed by atoms with E-state index in [4.69, 9.17) is 0 Å². The second-order valence-corrected chi connectivity index (χ2v) is 9.48. The van der Waals surface area contributed by atoms with E-state index in [0.29, 0.717) is 0 Å². The van der Waals surface area contributed by atoms with Gasteiger partial charge in [0.25, 0.3) is 0 Å². The number of hydrogen-bond acceptors (Lipinski definition) is 0. The Morgan fingerprint density at radius 2 is 1.17 bits per heavy atom. The van der Waals surface area contributed by atoms with Crippen molar-refractivity contribution in [2.24, 2.45) is 0 Å². The van der Waals surface area contributed by atoms with Gasteiger partial charge < -0.3 is 0 Å². The maximum absolute atomic E-state index is 3.45. The van der Waals surface area contributed by atoms with Crippen LogP contribution in [-0.4, -0.2) is 0 Å². The summed E-state index contributed by atoms with van der Waals surface area (Å²) >= 11 is 0. The van der Waals surface area contributed by atoms with Crippen molar-refractivity contribution < 1.29 is 0 Å². The van der Waals surface area contributed by atoms with Crippen LogP contribution in [0, 0.1) is 23.7 Å². The lowest BCUT2D eigenvalue weighted by Crippen LogP contribution is -1.91. The molecule has 3 aromatic rings. The highest BCUT2D eigenvalue weighted by atomic mass is 14.1. The number of aryl methyl sites for hydroxylation is 2. The van der Waals surface area contributed by atoms with E-state index < -0.39 is 0 Å². The number of rotatable bonds is 7. The molecule has 176 valence electrons. The van der Waals surface area contributed by atoms with Crippen molar-refractivity contribution >= 4 is 5.57 Å². The summed E-state index contributed by atoms with van der Waals surface area (Å²) in [5.41, 5.74) is 9.73. The summed E-state index contributed by atoms with van der Waals surface area (Å²) < 4.78 is 0. The molecule has 0 atom stereocenters. The van der Waals surface area contributed by atoms with Gasteiger partial charge in [-0.1, -0.05) is 80.7 Å². The van der Waals surface area contributed by atoms with E-state index in [-0.39, 0.29) is 0 Å². The third-order valence-corrected chi connectivity index (χ3v) is 6.65. The molecule has 0 fully saturated rings. The number of allylic oxidation sites excluding steroid dienone is 2. The smallest absolute Gasteiger partial charge is 0.0324 e. The zero-order valence-electron chi connectivity index (χ0n) is 21.3. The minimum absolute atomic E-state index is 1.05. The predicted octanol–water partition coefficient (Wildman–Crippen LogP) is 8.74. The van der Waals surface area contributed by atoms with Crippen molar-refractivity contribution in [3.63, 3.8) is 0 Å². The monoisotopic (exact) mass is 456 g/mol. The van der Waals surface area contributed by atoms with Gasteiger partial charge in [-0.3, -0.25) is 0 Å². The highest BCUT2D eigenvalue weighted by molar-refractivity contribution is 5.74. The zero-order chi connectivity index (χ0) is 24.3. The van der Waals surface area contributed by atoms with Gasteiger partial charge in [-0.25, -0.2) is 0 Å². The van der Waals surface area contributed by atoms with E-state index in [1.165, 1.54) is 54.4 Å². The SMILES string of the molecule is CCCCc1ccc(C#Cc2ccc(C#Cc3ccc(CCCC)cc3)c(C3=CCCC3)c2)cc1. The van der Waals surface area contributed by atoms with Crippen molar-refractivity contribution in [1.82, 2.24) is 0 Å². The van der Waals surface area contributed by atoms with Crippen LogP contribution in [-0.2, 0) is 12.8 Å². The molecule has 3 aromatic carbocycles. The average Bonchev–Trinajstić information content (AvgIpc) is 3.45. The molecule has 0 heteroatoms. The Kier molecular flexibility index (Phi) is 9.04. The van der Waals surface area contributed by atoms with E-state index in [0.717, 1.165) is 47.9 Å². The molecule has 0 amide bonds. The first kappa shape index (κ1) is 24.6. The average molecular weight is 457 g/mol. The van der Waals surface area contributed by atoms with Crippen LogP contribution in [0.25, 0.3) is 5.57 Å². The Morgan fingerprint density at radius 1 is 0.629 bits per heavy atom. The molecule has 0 N–H and O–H groups in total. The van der Waals surface area contributed by atoms with Gasteiger partial charge in [-0.15, -0.1) is 0 Å². The third kappa shape index (κ3) is 7.25. The van der Waals surface area contributed by atoms with Gasteiger partial charge in [-0.05, 0) is 110 Å². The maximum Gasteiger partial charge on any atom is 0.0324 e. The summed E-state index contributed by atoms with van der Waals surface area (Å²) in [6.07, 6.45) is 13.1. The Labute approximate surface area is 212 Å². The lowest BCUT2D eigenvalue weighted by molar-refractivity contribution is 0.795. The molecule has 0 nitrogen and oxygen atoms in total. The maximum atomic E-state index is 3.45. The summed E-state index contributed by atoms with van der Waals surface area (Å²) in [6.45, 7) is 4.47. The zero-order valence-corrected chi connectivity index (χ0v) is 21.3. The van der Waals surface area contributed by atoms with Crippen LogP contribution in [0.4, 0.5) is 0 Å². The molecule has 0 aliphatic heterocycles. The van der Waals surface area contributed by atoms with Crippen molar-refractivity contribution in [1.29, 1.82) is 0 Å². The first-order chi connectivity index (χ1) is 17.2. The quantitative estimate of drug-likeness (QED) is 0.312. The standard InChI is InChI=1S/C35H36/c1-3-5-9-28-13-17-30(18-14-28)21-22-32-24-26-34(35(27-32)33-11-7-8-12-33)25-23-31-19-15-29(16-20-31)10-6-4-2/h11,13-20,24,26-27H,3-10,12H2,1-2H3. The molecule has 35 heavy (non-hydrogen) atoms. The van der Waals surface area contributed by atoms with E-state index in [1.807, 2.05) is 0 Å². The molecule has 0 aromatic heterocycles. The van der Waals surface area contributed by atoms with E-state index in [2.05, 4.69) is 110 Å². The van der Waals surface area contributed by atoms with Crippen LogP contribution < -0.4 is 0 Å². The van der Waals surface area contributed by atoms with Gasteiger partial charge in [0.1, 0.15) is 0 Å². The first-order valence-electron chi connectivity index (χ1n) is 13.3. The van der Waals surface area contributed by atoms with Crippen LogP contribution in [0.1, 0.15) is 97.7 Å². The number of unbranched alkanes of at least 4 members (excludes halogenated alkanes) is 2. The largest absolute Gasteiger partial charge is 0.0807 e. The normalized spacial score (nSPS) is 12.3. The van der Waals surface area contributed by atoms with Crippen molar-refractivity contribution in [2.75, 3.05) is 0 Å². The molecule has 0 saturated heterocycles. The summed E-state index contributed by atoms with van der Waals surface area (Å²) in [7, 11) is 0. The fourth-order valence-electron chi connectivity index (χ4n) is 4.47. The molecule has 1 aliphatic carbocycles. The highest BCUT2D eigenvalue weighted by Crippen LogP contribution is 2.30. The van der Waals surface area contributed by atoms with Gasteiger partial charge in [-0.2, -0.15) is 0 Å². The van der Waals surface area contributed by atoms with Crippen molar-refractivity contribution in [3.8, 4) is 23.7 Å². The molecular formula is C35H36. The Balaban J connectivity index is 1.55. The summed E-state index contributed by atoms with van der Waals surface area (Å²) in [6, 6.07) is 23.9. The highest BCUT2D eigenvalue weighted by Gasteiger charge is 2.11. The molecular weight excluding hydrogens is 420 g/mol. The van der Waals surface area contributed by atoms with Crippen LogP contribution in [0.3, 0.4) is 0 Å². The van der Waals surface area contributed by atoms with Crippen molar-refractivity contribution in [3.05, 3.63) is 112 Å². The Hall–Kier alpha value is -3.48. The van der Waals surface area contributed by atoms with Crippen LogP contribution in [0.5, 0.6) is 0 Å². The molecule has 0 spiro atoms. The third-order valence-electron chi connectivity index (χ3n) is 6.65. The molecule has 1 aliphatic rings. The van der Waals surface area contributed by atoms with E-state index in [9.17, 15) is 0 Å². The number of hydrogen-bond donors (Lipinski definition) is 0. The van der Waals surface area contributed by atoms with Crippen molar-refractivity contribution in [2.45, 2.75) is 71.6 Å². The van der Waals surface area contributed by atoms with Crippen LogP contribution in [0.2, 0.25) is 0 Å². The van der Waals surface area contributed by atoms with E-state index in [1.54, 1.807) is 0 Å². The second-order valence-electron chi connectivity index (χ2n) is 9.48. The minimum atomic E-state index is 1.05. The number of benzene rings is 3. The lowest BCUT2D eigenvalue weighted by Gasteiger charge is -2.07. The second kappa shape index (κ2) is 12.8. The molecule has 0 bridgehead atoms. The predicted molar refractivity (Wildman–Crippen MR) is 150 cm³/mol. The summed E-state index contributed by atoms with van der Waals surface area (Å²) in [4.78, 5) is 0. The fourth-order valence-corrected chi connectivity index (χ4v) is 4.47. The van der Waals surface area contributed by atoms with Crippen LogP contribution in [0.15, 0.2) is 72.8 Å².